The van der Waals surface area contributed by atoms with E-state index in [2.05, 4.69) is 10.2 Å². The first-order valence-electron chi connectivity index (χ1n) is 7.43. The molecule has 1 aliphatic rings. The number of benzene rings is 1. The van der Waals surface area contributed by atoms with Crippen molar-refractivity contribution in [2.45, 2.75) is 38.7 Å². The van der Waals surface area contributed by atoms with Gasteiger partial charge in [0.2, 0.25) is 5.91 Å². The lowest BCUT2D eigenvalue weighted by Crippen LogP contribution is -2.29. The summed E-state index contributed by atoms with van der Waals surface area (Å²) in [6.45, 7) is 4.30. The number of hydrogen-bond donors (Lipinski definition) is 2. The molecule has 4 nitrogen and oxygen atoms in total. The van der Waals surface area contributed by atoms with Gasteiger partial charge in [-0.05, 0) is 43.6 Å². The number of β-amino-alcohol motifs (C(OH)–C–C–N with tert-alkyl or cyclic N) is 1. The summed E-state index contributed by atoms with van der Waals surface area (Å²) in [4.78, 5) is 13.4. The molecule has 1 saturated heterocycles. The van der Waals surface area contributed by atoms with E-state index in [9.17, 15) is 9.90 Å². The first-order chi connectivity index (χ1) is 9.65. The molecule has 0 bridgehead atoms. The number of aliphatic hydroxyl groups is 1. The summed E-state index contributed by atoms with van der Waals surface area (Å²) in [5, 5.41) is 13.1. The smallest absolute Gasteiger partial charge is 0.221 e. The Hall–Kier alpha value is -1.39. The predicted octanol–water partition coefficient (Wildman–Crippen LogP) is 2.55. The van der Waals surface area contributed by atoms with E-state index in [1.807, 2.05) is 24.3 Å². The van der Waals surface area contributed by atoms with E-state index in [0.29, 0.717) is 6.54 Å². The molecule has 1 amide bonds. The van der Waals surface area contributed by atoms with Gasteiger partial charge in [0.1, 0.15) is 0 Å². The average Bonchev–Trinajstić information content (AvgIpc) is 2.67. The fourth-order valence-electron chi connectivity index (χ4n) is 2.70. The van der Waals surface area contributed by atoms with Crippen LogP contribution in [0.4, 0.5) is 5.69 Å². The van der Waals surface area contributed by atoms with E-state index in [1.165, 1.54) is 32.6 Å². The molecule has 0 aromatic heterocycles. The molecule has 0 saturated carbocycles. The molecule has 1 aromatic rings. The predicted molar refractivity (Wildman–Crippen MR) is 80.6 cm³/mol. The van der Waals surface area contributed by atoms with Crippen molar-refractivity contribution in [2.75, 3.05) is 25.0 Å². The summed E-state index contributed by atoms with van der Waals surface area (Å²) in [7, 11) is 0. The normalized spacial score (nSPS) is 18.3. The molecule has 110 valence electrons. The summed E-state index contributed by atoms with van der Waals surface area (Å²) < 4.78 is 0. The van der Waals surface area contributed by atoms with Crippen LogP contribution in [0, 0.1) is 0 Å². The van der Waals surface area contributed by atoms with Gasteiger partial charge in [0.05, 0.1) is 6.10 Å². The maximum absolute atomic E-state index is 11.1. The number of likely N-dealkylation sites (tertiary alicyclic amines) is 1. The molecule has 2 N–H and O–H groups in total. The zero-order chi connectivity index (χ0) is 14.4. The summed E-state index contributed by atoms with van der Waals surface area (Å²) in [6.07, 6.45) is 4.54. The minimum absolute atomic E-state index is 0.0934. The van der Waals surface area contributed by atoms with Crippen LogP contribution in [-0.2, 0) is 4.79 Å². The fraction of sp³-hybridized carbons (Fsp3) is 0.562. The SMILES string of the molecule is CC(=O)Nc1cccc(C(O)CN2CCCCCC2)c1. The third kappa shape index (κ3) is 4.62. The van der Waals surface area contributed by atoms with Gasteiger partial charge in [-0.2, -0.15) is 0 Å². The van der Waals surface area contributed by atoms with E-state index in [4.69, 9.17) is 0 Å². The largest absolute Gasteiger partial charge is 0.387 e. The lowest BCUT2D eigenvalue weighted by atomic mass is 10.1. The number of carbonyl (C=O) groups excluding carboxylic acids is 1. The van der Waals surface area contributed by atoms with Crippen molar-refractivity contribution >= 4 is 11.6 Å². The van der Waals surface area contributed by atoms with Crippen LogP contribution in [0.3, 0.4) is 0 Å². The molecule has 1 atom stereocenters. The summed E-state index contributed by atoms with van der Waals surface area (Å²) in [5.74, 6) is -0.0934. The van der Waals surface area contributed by atoms with Gasteiger partial charge in [-0.1, -0.05) is 25.0 Å². The van der Waals surface area contributed by atoms with Gasteiger partial charge in [-0.25, -0.2) is 0 Å². The topological polar surface area (TPSA) is 52.6 Å². The summed E-state index contributed by atoms with van der Waals surface area (Å²) >= 11 is 0. The van der Waals surface area contributed by atoms with Crippen LogP contribution in [0.5, 0.6) is 0 Å². The zero-order valence-corrected chi connectivity index (χ0v) is 12.1. The highest BCUT2D eigenvalue weighted by Crippen LogP contribution is 2.20. The monoisotopic (exact) mass is 276 g/mol. The molecule has 0 radical (unpaired) electrons. The minimum atomic E-state index is -0.498. The van der Waals surface area contributed by atoms with Crippen molar-refractivity contribution in [3.05, 3.63) is 29.8 Å². The van der Waals surface area contributed by atoms with Crippen LogP contribution < -0.4 is 5.32 Å². The number of aliphatic hydroxyl groups excluding tert-OH is 1. The standard InChI is InChI=1S/C16H24N2O2/c1-13(19)17-15-8-6-7-14(11-15)16(20)12-18-9-4-2-3-5-10-18/h6-8,11,16,20H,2-5,9-10,12H2,1H3,(H,17,19). The second-order valence-corrected chi connectivity index (χ2v) is 5.54. The molecular formula is C16H24N2O2. The van der Waals surface area contributed by atoms with Gasteiger partial charge in [-0.15, -0.1) is 0 Å². The molecular weight excluding hydrogens is 252 g/mol. The van der Waals surface area contributed by atoms with Crippen molar-refractivity contribution in [3.8, 4) is 0 Å². The molecule has 20 heavy (non-hydrogen) atoms. The van der Waals surface area contributed by atoms with Gasteiger partial charge >= 0.3 is 0 Å². The maximum Gasteiger partial charge on any atom is 0.221 e. The second kappa shape index (κ2) is 7.41. The number of amides is 1. The van der Waals surface area contributed by atoms with Crippen LogP contribution in [-0.4, -0.2) is 35.5 Å². The van der Waals surface area contributed by atoms with Crippen molar-refractivity contribution in [1.29, 1.82) is 0 Å². The fourth-order valence-corrected chi connectivity index (χ4v) is 2.70. The second-order valence-electron chi connectivity index (χ2n) is 5.54. The Morgan fingerprint density at radius 1 is 1.30 bits per heavy atom. The Kier molecular flexibility index (Phi) is 5.56. The van der Waals surface area contributed by atoms with Crippen molar-refractivity contribution in [2.24, 2.45) is 0 Å². The van der Waals surface area contributed by atoms with E-state index in [-0.39, 0.29) is 5.91 Å². The third-order valence-corrected chi connectivity index (χ3v) is 3.72. The Bertz CT molecular complexity index is 440. The van der Waals surface area contributed by atoms with E-state index >= 15 is 0 Å². The first-order valence-corrected chi connectivity index (χ1v) is 7.43. The molecule has 2 rings (SSSR count). The number of hydrogen-bond acceptors (Lipinski definition) is 3. The van der Waals surface area contributed by atoms with Crippen molar-refractivity contribution in [1.82, 2.24) is 4.90 Å². The van der Waals surface area contributed by atoms with Crippen LogP contribution in [0.1, 0.15) is 44.3 Å². The Morgan fingerprint density at radius 3 is 2.65 bits per heavy atom. The van der Waals surface area contributed by atoms with Crippen molar-refractivity contribution in [3.63, 3.8) is 0 Å². The molecule has 1 fully saturated rings. The van der Waals surface area contributed by atoms with Gasteiger partial charge in [0.15, 0.2) is 0 Å². The Labute approximate surface area is 120 Å². The summed E-state index contributed by atoms with van der Waals surface area (Å²) in [5.41, 5.74) is 1.60. The lowest BCUT2D eigenvalue weighted by molar-refractivity contribution is -0.114. The first kappa shape index (κ1) is 15.0. The van der Waals surface area contributed by atoms with E-state index in [1.54, 1.807) is 0 Å². The molecule has 0 aliphatic carbocycles. The average molecular weight is 276 g/mol. The number of nitrogens with one attached hydrogen (secondary N) is 1. The van der Waals surface area contributed by atoms with Crippen LogP contribution in [0.15, 0.2) is 24.3 Å². The molecule has 1 heterocycles. The van der Waals surface area contributed by atoms with Gasteiger partial charge in [0, 0.05) is 19.2 Å². The molecule has 1 unspecified atom stereocenters. The van der Waals surface area contributed by atoms with Gasteiger partial charge in [-0.3, -0.25) is 4.79 Å². The third-order valence-electron chi connectivity index (χ3n) is 3.72. The highest BCUT2D eigenvalue weighted by molar-refractivity contribution is 5.88. The number of rotatable bonds is 4. The Balaban J connectivity index is 1.97. The van der Waals surface area contributed by atoms with Crippen molar-refractivity contribution < 1.29 is 9.90 Å². The quantitative estimate of drug-likeness (QED) is 0.888. The molecule has 4 heteroatoms. The molecule has 0 spiro atoms. The number of carbonyl (C=O) groups is 1. The maximum atomic E-state index is 11.1. The van der Waals surface area contributed by atoms with Gasteiger partial charge < -0.3 is 15.3 Å². The minimum Gasteiger partial charge on any atom is -0.387 e. The van der Waals surface area contributed by atoms with E-state index < -0.39 is 6.10 Å². The highest BCUT2D eigenvalue weighted by Gasteiger charge is 2.15. The highest BCUT2D eigenvalue weighted by atomic mass is 16.3. The number of nitrogens with zero attached hydrogens (tertiary/aromatic N) is 1. The van der Waals surface area contributed by atoms with Gasteiger partial charge in [0.25, 0.3) is 0 Å². The Morgan fingerprint density at radius 2 is 2.00 bits per heavy atom. The number of anilines is 1. The summed E-state index contributed by atoms with van der Waals surface area (Å²) in [6, 6.07) is 7.47. The molecule has 1 aromatic carbocycles. The van der Waals surface area contributed by atoms with E-state index in [0.717, 1.165) is 24.3 Å². The van der Waals surface area contributed by atoms with Crippen LogP contribution in [0.2, 0.25) is 0 Å². The van der Waals surface area contributed by atoms with Crippen LogP contribution >= 0.6 is 0 Å². The molecule has 1 aliphatic heterocycles. The zero-order valence-electron chi connectivity index (χ0n) is 12.1. The lowest BCUT2D eigenvalue weighted by Gasteiger charge is -2.23. The van der Waals surface area contributed by atoms with Crippen LogP contribution in [0.25, 0.3) is 0 Å².